The minimum atomic E-state index is -3.03. The number of nitrogens with one attached hydrogen (secondary N) is 1. The van der Waals surface area contributed by atoms with Gasteiger partial charge in [-0.15, -0.1) is 0 Å². The van der Waals surface area contributed by atoms with Crippen LogP contribution >= 0.6 is 0 Å². The summed E-state index contributed by atoms with van der Waals surface area (Å²) >= 11 is 0. The van der Waals surface area contributed by atoms with Crippen LogP contribution in [0.5, 0.6) is 5.75 Å². The van der Waals surface area contributed by atoms with Gasteiger partial charge >= 0.3 is 0 Å². The Morgan fingerprint density at radius 1 is 1.36 bits per heavy atom. The standard InChI is InChI=1S/C17H22N2O5S/c1-24-15-2-3-16-12(9-15)8-13(17(21)18-16)10-19(5-6-20)14-4-7-25(22,23)11-14/h2-3,8-9,14,20H,4-7,10-11H2,1H3,(H,18,21). The molecule has 1 unspecified atom stereocenters. The van der Waals surface area contributed by atoms with Crippen molar-refractivity contribution in [3.05, 3.63) is 40.2 Å². The number of fused-ring (bicyclic) bond motifs is 1. The normalized spacial score (nSPS) is 19.6. The molecule has 1 saturated heterocycles. The third-order valence-corrected chi connectivity index (χ3v) is 6.36. The van der Waals surface area contributed by atoms with Gasteiger partial charge in [0.1, 0.15) is 5.75 Å². The number of methoxy groups -OCH3 is 1. The second-order valence-corrected chi connectivity index (χ2v) is 8.56. The van der Waals surface area contributed by atoms with E-state index in [1.165, 1.54) is 0 Å². The molecule has 136 valence electrons. The molecule has 1 aromatic carbocycles. The molecule has 3 rings (SSSR count). The number of aromatic amines is 1. The van der Waals surface area contributed by atoms with Crippen molar-refractivity contribution >= 4 is 20.7 Å². The second kappa shape index (κ2) is 7.15. The summed E-state index contributed by atoms with van der Waals surface area (Å²) in [5.74, 6) is 0.927. The van der Waals surface area contributed by atoms with E-state index in [2.05, 4.69) is 4.98 Å². The van der Waals surface area contributed by atoms with Gasteiger partial charge < -0.3 is 14.8 Å². The van der Waals surface area contributed by atoms with E-state index < -0.39 is 9.84 Å². The van der Waals surface area contributed by atoms with Crippen molar-refractivity contribution in [2.75, 3.05) is 31.8 Å². The molecule has 8 heteroatoms. The van der Waals surface area contributed by atoms with Crippen molar-refractivity contribution in [2.24, 2.45) is 0 Å². The zero-order valence-corrected chi connectivity index (χ0v) is 14.9. The Labute approximate surface area is 146 Å². The molecule has 1 atom stereocenters. The molecule has 25 heavy (non-hydrogen) atoms. The quantitative estimate of drug-likeness (QED) is 0.773. The first-order valence-electron chi connectivity index (χ1n) is 8.17. The van der Waals surface area contributed by atoms with E-state index in [0.717, 1.165) is 5.39 Å². The van der Waals surface area contributed by atoms with Crippen LogP contribution in [-0.2, 0) is 16.4 Å². The summed E-state index contributed by atoms with van der Waals surface area (Å²) in [6, 6.07) is 7.03. The van der Waals surface area contributed by atoms with Crippen LogP contribution in [0.2, 0.25) is 0 Å². The van der Waals surface area contributed by atoms with Gasteiger partial charge in [-0.1, -0.05) is 0 Å². The third-order valence-electron chi connectivity index (χ3n) is 4.61. The Morgan fingerprint density at radius 3 is 2.80 bits per heavy atom. The average molecular weight is 366 g/mol. The number of H-pyrrole nitrogens is 1. The third kappa shape index (κ3) is 4.02. The van der Waals surface area contributed by atoms with E-state index in [4.69, 9.17) is 4.74 Å². The van der Waals surface area contributed by atoms with Crippen LogP contribution < -0.4 is 10.3 Å². The van der Waals surface area contributed by atoms with Gasteiger partial charge in [-0.25, -0.2) is 8.42 Å². The van der Waals surface area contributed by atoms with Crippen molar-refractivity contribution in [3.63, 3.8) is 0 Å². The Balaban J connectivity index is 1.91. The lowest BCUT2D eigenvalue weighted by atomic mass is 10.1. The van der Waals surface area contributed by atoms with Crippen LogP contribution in [0.1, 0.15) is 12.0 Å². The lowest BCUT2D eigenvalue weighted by Gasteiger charge is -2.27. The highest BCUT2D eigenvalue weighted by Crippen LogP contribution is 2.22. The predicted octanol–water partition coefficient (Wildman–Crippen LogP) is 0.518. The molecular weight excluding hydrogens is 344 g/mol. The second-order valence-electron chi connectivity index (χ2n) is 6.33. The van der Waals surface area contributed by atoms with Gasteiger partial charge in [0.2, 0.25) is 0 Å². The Kier molecular flexibility index (Phi) is 5.12. The Bertz CT molecular complexity index is 922. The molecule has 2 N–H and O–H groups in total. The van der Waals surface area contributed by atoms with Gasteiger partial charge in [-0.05, 0) is 30.7 Å². The lowest BCUT2D eigenvalue weighted by Crippen LogP contribution is -2.39. The van der Waals surface area contributed by atoms with Crippen molar-refractivity contribution in [3.8, 4) is 5.75 Å². The number of aliphatic hydroxyl groups is 1. The van der Waals surface area contributed by atoms with Crippen LogP contribution in [0.25, 0.3) is 10.9 Å². The summed E-state index contributed by atoms with van der Waals surface area (Å²) in [5, 5.41) is 10.2. The number of rotatable bonds is 6. The largest absolute Gasteiger partial charge is 0.497 e. The minimum absolute atomic E-state index is 0.0757. The highest BCUT2D eigenvalue weighted by molar-refractivity contribution is 7.91. The van der Waals surface area contributed by atoms with Gasteiger partial charge in [0.25, 0.3) is 5.56 Å². The van der Waals surface area contributed by atoms with Gasteiger partial charge in [-0.2, -0.15) is 0 Å². The average Bonchev–Trinajstić information content (AvgIpc) is 2.94. The number of ether oxygens (including phenoxy) is 1. The number of hydrogen-bond acceptors (Lipinski definition) is 6. The predicted molar refractivity (Wildman–Crippen MR) is 95.7 cm³/mol. The SMILES string of the molecule is COc1ccc2[nH]c(=O)c(CN(CCO)C3CCS(=O)(=O)C3)cc2c1. The number of nitrogens with zero attached hydrogens (tertiary/aromatic N) is 1. The minimum Gasteiger partial charge on any atom is -0.497 e. The highest BCUT2D eigenvalue weighted by Gasteiger charge is 2.32. The van der Waals surface area contributed by atoms with E-state index in [1.54, 1.807) is 25.3 Å². The maximum absolute atomic E-state index is 12.4. The molecule has 2 aromatic rings. The van der Waals surface area contributed by atoms with Crippen molar-refractivity contribution in [1.82, 2.24) is 9.88 Å². The fraction of sp³-hybridized carbons (Fsp3) is 0.471. The molecule has 7 nitrogen and oxygen atoms in total. The molecule has 0 bridgehead atoms. The molecule has 2 heterocycles. The van der Waals surface area contributed by atoms with Crippen LogP contribution in [0, 0.1) is 0 Å². The van der Waals surface area contributed by atoms with Gasteiger partial charge in [0.05, 0.1) is 25.2 Å². The van der Waals surface area contributed by atoms with Crippen LogP contribution in [0.4, 0.5) is 0 Å². The molecule has 0 amide bonds. The molecule has 1 aliphatic rings. The summed E-state index contributed by atoms with van der Waals surface area (Å²) < 4.78 is 28.7. The van der Waals surface area contributed by atoms with Crippen LogP contribution in [-0.4, -0.2) is 61.2 Å². The van der Waals surface area contributed by atoms with Gasteiger partial charge in [-0.3, -0.25) is 9.69 Å². The zero-order valence-electron chi connectivity index (χ0n) is 14.1. The zero-order chi connectivity index (χ0) is 18.0. The molecule has 0 radical (unpaired) electrons. The summed E-state index contributed by atoms with van der Waals surface area (Å²) in [5.41, 5.74) is 1.05. The summed E-state index contributed by atoms with van der Waals surface area (Å²) in [6.45, 7) is 0.537. The maximum Gasteiger partial charge on any atom is 0.252 e. The van der Waals surface area contributed by atoms with Crippen LogP contribution in [0.3, 0.4) is 0 Å². The summed E-state index contributed by atoms with van der Waals surface area (Å²) in [4.78, 5) is 17.1. The summed E-state index contributed by atoms with van der Waals surface area (Å²) in [7, 11) is -1.45. The molecule has 0 spiro atoms. The molecule has 1 aliphatic heterocycles. The Morgan fingerprint density at radius 2 is 2.16 bits per heavy atom. The van der Waals surface area contributed by atoms with E-state index in [0.29, 0.717) is 36.3 Å². The number of benzene rings is 1. The number of sulfone groups is 1. The number of pyridine rings is 1. The topological polar surface area (TPSA) is 99.7 Å². The fourth-order valence-corrected chi connectivity index (χ4v) is 5.04. The Hall–Kier alpha value is -1.90. The van der Waals surface area contributed by atoms with E-state index in [1.807, 2.05) is 11.0 Å². The molecular formula is C17H22N2O5S. The van der Waals surface area contributed by atoms with Gasteiger partial charge in [0, 0.05) is 35.6 Å². The van der Waals surface area contributed by atoms with E-state index >= 15 is 0 Å². The van der Waals surface area contributed by atoms with Gasteiger partial charge in [0.15, 0.2) is 9.84 Å². The smallest absolute Gasteiger partial charge is 0.252 e. The number of aliphatic hydroxyl groups excluding tert-OH is 1. The fourth-order valence-electron chi connectivity index (χ4n) is 3.28. The number of hydrogen-bond donors (Lipinski definition) is 2. The first-order valence-corrected chi connectivity index (χ1v) is 9.99. The van der Waals surface area contributed by atoms with Crippen LogP contribution in [0.15, 0.2) is 29.1 Å². The van der Waals surface area contributed by atoms with E-state index in [-0.39, 0.29) is 29.7 Å². The maximum atomic E-state index is 12.4. The molecule has 1 aromatic heterocycles. The number of aromatic nitrogens is 1. The first kappa shape index (κ1) is 17.9. The lowest BCUT2D eigenvalue weighted by molar-refractivity contribution is 0.153. The van der Waals surface area contributed by atoms with E-state index in [9.17, 15) is 18.3 Å². The van der Waals surface area contributed by atoms with Crippen molar-refractivity contribution in [1.29, 1.82) is 0 Å². The first-order chi connectivity index (χ1) is 11.9. The molecule has 1 fully saturated rings. The summed E-state index contributed by atoms with van der Waals surface area (Å²) in [6.07, 6.45) is 0.529. The molecule has 0 aliphatic carbocycles. The molecule has 0 saturated carbocycles. The monoisotopic (exact) mass is 366 g/mol. The van der Waals surface area contributed by atoms with Crippen molar-refractivity contribution < 1.29 is 18.3 Å². The highest BCUT2D eigenvalue weighted by atomic mass is 32.2. The van der Waals surface area contributed by atoms with Crippen molar-refractivity contribution in [2.45, 2.75) is 19.0 Å².